The summed E-state index contributed by atoms with van der Waals surface area (Å²) in [6, 6.07) is 11.7. The van der Waals surface area contributed by atoms with Gasteiger partial charge in [0.25, 0.3) is 0 Å². The van der Waals surface area contributed by atoms with Crippen LogP contribution in [0.4, 0.5) is 0 Å². The molecule has 0 aliphatic rings. The summed E-state index contributed by atoms with van der Waals surface area (Å²) in [5.74, 6) is 4.20. The van der Waals surface area contributed by atoms with Gasteiger partial charge >= 0.3 is 0 Å². The Kier molecular flexibility index (Phi) is 11.0. The molecule has 2 nitrogen and oxygen atoms in total. The van der Waals surface area contributed by atoms with Crippen molar-refractivity contribution in [3.8, 4) is 11.5 Å². The van der Waals surface area contributed by atoms with E-state index < -0.39 is 0 Å². The second-order valence-electron chi connectivity index (χ2n) is 5.58. The first kappa shape index (κ1) is 22.9. The van der Waals surface area contributed by atoms with E-state index in [0.29, 0.717) is 34.9 Å². The van der Waals surface area contributed by atoms with E-state index in [1.807, 2.05) is 48.2 Å². The monoisotopic (exact) mass is 464 g/mol. The number of hydrogen-bond donors (Lipinski definition) is 0. The van der Waals surface area contributed by atoms with Crippen molar-refractivity contribution in [3.05, 3.63) is 46.4 Å². The lowest BCUT2D eigenvalue weighted by atomic mass is 10.3. The molecule has 0 amide bonds. The third-order valence-electron chi connectivity index (χ3n) is 3.46. The van der Waals surface area contributed by atoms with Crippen molar-refractivity contribution in [2.75, 3.05) is 30.6 Å². The Morgan fingerprint density at radius 3 is 2.19 bits per heavy atom. The second kappa shape index (κ2) is 12.9. The van der Waals surface area contributed by atoms with Gasteiger partial charge in [0.15, 0.2) is 5.75 Å². The van der Waals surface area contributed by atoms with Crippen LogP contribution in [-0.4, -0.2) is 30.6 Å². The van der Waals surface area contributed by atoms with Crippen LogP contribution in [0.5, 0.6) is 11.5 Å². The molecule has 0 saturated heterocycles. The Labute approximate surface area is 185 Å². The topological polar surface area (TPSA) is 18.5 Å². The van der Waals surface area contributed by atoms with Crippen LogP contribution >= 0.6 is 58.3 Å². The van der Waals surface area contributed by atoms with Crippen LogP contribution in [0, 0.1) is 0 Å². The molecule has 148 valence electrons. The van der Waals surface area contributed by atoms with Gasteiger partial charge < -0.3 is 9.47 Å². The highest BCUT2D eigenvalue weighted by molar-refractivity contribution is 7.99. The highest BCUT2D eigenvalue weighted by Gasteiger charge is 2.11. The van der Waals surface area contributed by atoms with Gasteiger partial charge in [-0.25, -0.2) is 0 Å². The molecule has 0 heterocycles. The summed E-state index contributed by atoms with van der Waals surface area (Å²) in [7, 11) is 0. The molecule has 0 atom stereocenters. The molecule has 0 fully saturated rings. The molecular weight excluding hydrogens is 443 g/mol. The zero-order valence-electron chi connectivity index (χ0n) is 15.2. The van der Waals surface area contributed by atoms with Crippen LogP contribution in [0.15, 0.2) is 46.2 Å². The molecule has 2 aromatic rings. The van der Waals surface area contributed by atoms with Gasteiger partial charge in [-0.2, -0.15) is 11.8 Å². The summed E-state index contributed by atoms with van der Waals surface area (Å²) < 4.78 is 11.4. The average Bonchev–Trinajstić information content (AvgIpc) is 2.65. The Hall–Kier alpha value is -0.390. The maximum Gasteiger partial charge on any atom is 0.156 e. The predicted molar refractivity (Wildman–Crippen MR) is 121 cm³/mol. The minimum absolute atomic E-state index is 0.536. The molecule has 0 N–H and O–H groups in total. The Bertz CT molecular complexity index is 673. The summed E-state index contributed by atoms with van der Waals surface area (Å²) >= 11 is 21.9. The maximum atomic E-state index is 6.38. The van der Waals surface area contributed by atoms with Crippen molar-refractivity contribution in [3.63, 3.8) is 0 Å². The maximum absolute atomic E-state index is 6.38. The van der Waals surface area contributed by atoms with E-state index in [4.69, 9.17) is 44.3 Å². The van der Waals surface area contributed by atoms with Crippen molar-refractivity contribution in [1.82, 2.24) is 0 Å². The molecule has 0 aliphatic heterocycles. The Morgan fingerprint density at radius 1 is 0.889 bits per heavy atom. The van der Waals surface area contributed by atoms with Crippen molar-refractivity contribution >= 4 is 58.3 Å². The fourth-order valence-corrected chi connectivity index (χ4v) is 4.54. The zero-order valence-corrected chi connectivity index (χ0v) is 19.1. The summed E-state index contributed by atoms with van der Waals surface area (Å²) in [6.45, 7) is 3.39. The number of ether oxygens (including phenoxy) is 2. The van der Waals surface area contributed by atoms with Gasteiger partial charge in [0.05, 0.1) is 23.3 Å². The van der Waals surface area contributed by atoms with E-state index in [-0.39, 0.29) is 0 Å². The standard InChI is InChI=1S/C20H23Cl3O2S2/c1-2-26-12-4-11-25-20-18(22)13-17(14-19(20)23)27-16-7-5-15(6-8-16)24-10-3-9-21/h5-8,13-14H,2-4,9-12H2,1H3. The van der Waals surface area contributed by atoms with Crippen molar-refractivity contribution in [1.29, 1.82) is 0 Å². The third-order valence-corrected chi connectivity index (χ3v) is 6.26. The normalized spacial score (nSPS) is 10.8. The fourth-order valence-electron chi connectivity index (χ4n) is 2.20. The fraction of sp³-hybridized carbons (Fsp3) is 0.400. The molecule has 0 radical (unpaired) electrons. The van der Waals surface area contributed by atoms with Gasteiger partial charge in [0, 0.05) is 15.7 Å². The van der Waals surface area contributed by atoms with E-state index in [0.717, 1.165) is 39.9 Å². The Morgan fingerprint density at radius 2 is 1.56 bits per heavy atom. The summed E-state index contributed by atoms with van der Waals surface area (Å²) in [5.41, 5.74) is 0. The lowest BCUT2D eigenvalue weighted by Crippen LogP contribution is -2.00. The van der Waals surface area contributed by atoms with Crippen LogP contribution < -0.4 is 9.47 Å². The van der Waals surface area contributed by atoms with Gasteiger partial charge in [-0.3, -0.25) is 0 Å². The van der Waals surface area contributed by atoms with Crippen LogP contribution in [0.25, 0.3) is 0 Å². The van der Waals surface area contributed by atoms with E-state index in [2.05, 4.69) is 6.92 Å². The van der Waals surface area contributed by atoms with E-state index in [9.17, 15) is 0 Å². The van der Waals surface area contributed by atoms with Crippen molar-refractivity contribution < 1.29 is 9.47 Å². The molecule has 0 spiro atoms. The number of benzene rings is 2. The van der Waals surface area contributed by atoms with E-state index in [1.54, 1.807) is 11.8 Å². The lowest BCUT2D eigenvalue weighted by Gasteiger charge is -2.12. The first-order valence-electron chi connectivity index (χ1n) is 8.80. The minimum atomic E-state index is 0.536. The average molecular weight is 466 g/mol. The molecule has 0 bridgehead atoms. The molecular formula is C20H23Cl3O2S2. The number of halogens is 3. The summed E-state index contributed by atoms with van der Waals surface area (Å²) in [4.78, 5) is 2.05. The van der Waals surface area contributed by atoms with Crippen LogP contribution in [-0.2, 0) is 0 Å². The third kappa shape index (κ3) is 8.25. The molecule has 0 aliphatic carbocycles. The quantitative estimate of drug-likeness (QED) is 0.236. The molecule has 7 heteroatoms. The number of hydrogen-bond acceptors (Lipinski definition) is 4. The Balaban J connectivity index is 1.93. The van der Waals surface area contributed by atoms with Gasteiger partial charge in [-0.1, -0.05) is 41.9 Å². The smallest absolute Gasteiger partial charge is 0.156 e. The molecule has 0 aromatic heterocycles. The van der Waals surface area contributed by atoms with Crippen LogP contribution in [0.3, 0.4) is 0 Å². The predicted octanol–water partition coefficient (Wildman–Crippen LogP) is 7.67. The number of rotatable bonds is 12. The molecule has 27 heavy (non-hydrogen) atoms. The van der Waals surface area contributed by atoms with E-state index in [1.165, 1.54) is 0 Å². The minimum Gasteiger partial charge on any atom is -0.494 e. The molecule has 2 aromatic carbocycles. The zero-order chi connectivity index (χ0) is 19.5. The highest BCUT2D eigenvalue weighted by Crippen LogP contribution is 2.39. The highest BCUT2D eigenvalue weighted by atomic mass is 35.5. The molecule has 0 saturated carbocycles. The van der Waals surface area contributed by atoms with Gasteiger partial charge in [-0.15, -0.1) is 11.6 Å². The first-order valence-corrected chi connectivity index (χ1v) is 12.1. The second-order valence-corrected chi connectivity index (χ2v) is 9.31. The number of alkyl halides is 1. The first-order chi connectivity index (χ1) is 13.1. The SMILES string of the molecule is CCSCCCOc1c(Cl)cc(Sc2ccc(OCCCCl)cc2)cc1Cl. The molecule has 2 rings (SSSR count). The number of thioether (sulfide) groups is 1. The lowest BCUT2D eigenvalue weighted by molar-refractivity contribution is 0.318. The van der Waals surface area contributed by atoms with Gasteiger partial charge in [-0.05, 0) is 60.7 Å². The van der Waals surface area contributed by atoms with Crippen LogP contribution in [0.2, 0.25) is 10.0 Å². The van der Waals surface area contributed by atoms with Crippen molar-refractivity contribution in [2.24, 2.45) is 0 Å². The largest absolute Gasteiger partial charge is 0.494 e. The van der Waals surface area contributed by atoms with Crippen molar-refractivity contribution in [2.45, 2.75) is 29.6 Å². The van der Waals surface area contributed by atoms with Crippen LogP contribution in [0.1, 0.15) is 19.8 Å². The summed E-state index contributed by atoms with van der Waals surface area (Å²) in [6.07, 6.45) is 1.81. The van der Waals surface area contributed by atoms with Gasteiger partial charge in [0.2, 0.25) is 0 Å². The van der Waals surface area contributed by atoms with Gasteiger partial charge in [0.1, 0.15) is 5.75 Å². The summed E-state index contributed by atoms with van der Waals surface area (Å²) in [5, 5.41) is 1.07. The van der Waals surface area contributed by atoms with E-state index >= 15 is 0 Å². The molecule has 0 unspecified atom stereocenters.